The van der Waals surface area contributed by atoms with Crippen LogP contribution in [0.2, 0.25) is 0 Å². The van der Waals surface area contributed by atoms with E-state index in [0.717, 1.165) is 84.5 Å². The standard InChI is InChI=1S/C16H18BrNO2.C16H19NO2.C16H17NO2.C9H7NO2.C6H10O.2C5H10O.CH4O.H2O.Pd/c1-20-16(19)11-7-8-12-13(9-11)18-15(17)14(12)10-5-3-2-4-6-10;2*1-19-16(18)12-7-8-13-14(10-17-15(13)9-12)11-5-3-2-4-6-11;11-9(12)7-2-1-6-3-4-10-8(6)5-7;7-6-4-2-1-3-5-6;2*1-5-3-2-4-6-5;1-2;;/h7-10,18H,2-6H2,1H3;7-11,17H,2-6H2,1H3;5,7-10,17H,2-4,6H2,1H3;1-5,10H,(H,11,12);1-5H2;2*5H,2-4H2,1H3;2H,1H3;1H2;. The molecule has 5 fully saturated rings. The number of nitrogens with one attached hydrogen (secondary N) is 4. The summed E-state index contributed by atoms with van der Waals surface area (Å²) in [6, 6.07) is 24.1. The van der Waals surface area contributed by atoms with Gasteiger partial charge in [-0.1, -0.05) is 75.3 Å². The molecule has 8 aromatic rings. The van der Waals surface area contributed by atoms with Crippen molar-refractivity contribution in [3.05, 3.63) is 147 Å². The SMILES string of the molecule is CC1CCCO1.CC1CCCO1.CO.COC(=O)c1ccc2c(C3=CCCCC3)c[nH]c2c1.COC(=O)c1ccc2c(C3CCCCC3)c(Br)[nH]c2c1.COC(=O)c1ccc2c(C3CCCCC3)c[nH]c2c1.O.O=C(O)c1ccc2cc[nH]c2c1.O=C1CCCCC1.[Pd]. The van der Waals surface area contributed by atoms with Crippen LogP contribution in [0, 0.1) is 0 Å². The van der Waals surface area contributed by atoms with Gasteiger partial charge in [-0.25, -0.2) is 19.2 Å². The largest absolute Gasteiger partial charge is 0.478 e. The number of ether oxygens (including phenoxy) is 5. The summed E-state index contributed by atoms with van der Waals surface area (Å²) in [5.41, 5.74) is 11.4. The van der Waals surface area contributed by atoms with Crippen LogP contribution in [0.15, 0.2) is 108 Å². The summed E-state index contributed by atoms with van der Waals surface area (Å²) in [5.74, 6) is -0.0115. The van der Waals surface area contributed by atoms with Gasteiger partial charge in [-0.05, 0) is 208 Å². The quantitative estimate of drug-likeness (QED) is 0.0494. The molecule has 0 amide bonds. The Bertz CT molecular complexity index is 3610. The number of H-pyrrole nitrogens is 4. The number of carboxylic acid groups (broad SMARTS) is 1. The molecular formula is C74H97BrN4O13Pd. The van der Waals surface area contributed by atoms with Crippen LogP contribution in [0.5, 0.6) is 0 Å². The van der Waals surface area contributed by atoms with Crippen molar-refractivity contribution < 1.29 is 83.8 Å². The first-order chi connectivity index (χ1) is 44.2. The predicted octanol–water partition coefficient (Wildman–Crippen LogP) is 17.2. The van der Waals surface area contributed by atoms with Gasteiger partial charge in [0.15, 0.2) is 0 Å². The van der Waals surface area contributed by atoms with Crippen LogP contribution in [-0.4, -0.2) is 119 Å². The molecule has 93 heavy (non-hydrogen) atoms. The minimum atomic E-state index is -0.897. The fourth-order valence-corrected chi connectivity index (χ4v) is 13.4. The first-order valence-corrected chi connectivity index (χ1v) is 33.5. The number of ketones is 1. The van der Waals surface area contributed by atoms with Gasteiger partial charge < -0.3 is 59.3 Å². The van der Waals surface area contributed by atoms with E-state index >= 15 is 0 Å². The Balaban J connectivity index is 0.000000204. The molecule has 4 aromatic carbocycles. The van der Waals surface area contributed by atoms with E-state index in [1.165, 1.54) is 175 Å². The number of rotatable bonds is 7. The van der Waals surface area contributed by atoms with Gasteiger partial charge in [0.25, 0.3) is 0 Å². The van der Waals surface area contributed by atoms with Gasteiger partial charge in [0.2, 0.25) is 0 Å². The van der Waals surface area contributed by atoms with Crippen molar-refractivity contribution in [1.82, 2.24) is 19.9 Å². The van der Waals surface area contributed by atoms with E-state index in [1.54, 1.807) is 24.4 Å². The second kappa shape index (κ2) is 40.5. The summed E-state index contributed by atoms with van der Waals surface area (Å²) in [5, 5.41) is 20.3. The third-order valence-corrected chi connectivity index (χ3v) is 18.3. The number of hydrogen-bond donors (Lipinski definition) is 6. The molecule has 17 nitrogen and oxygen atoms in total. The third-order valence-electron chi connectivity index (χ3n) is 17.7. The van der Waals surface area contributed by atoms with Gasteiger partial charge >= 0.3 is 23.9 Å². The summed E-state index contributed by atoms with van der Waals surface area (Å²) in [6.07, 6.45) is 37.6. The molecule has 6 aliphatic rings. The Morgan fingerprint density at radius 3 is 1.49 bits per heavy atom. The van der Waals surface area contributed by atoms with Gasteiger partial charge in [-0.3, -0.25) is 4.79 Å². The maximum absolute atomic E-state index is 11.6. The number of carboxylic acids is 1. The maximum atomic E-state index is 11.6. The molecule has 19 heteroatoms. The van der Waals surface area contributed by atoms with Crippen molar-refractivity contribution in [3.63, 3.8) is 0 Å². The summed E-state index contributed by atoms with van der Waals surface area (Å²) >= 11 is 3.65. The van der Waals surface area contributed by atoms with Crippen molar-refractivity contribution in [2.75, 3.05) is 41.7 Å². The molecule has 14 rings (SSSR count). The number of aromatic carboxylic acids is 1. The molecule has 2 aliphatic heterocycles. The molecule has 3 saturated carbocycles. The number of hydrogen-bond acceptors (Lipinski definition) is 11. The summed E-state index contributed by atoms with van der Waals surface area (Å²) in [4.78, 5) is 68.5. The van der Waals surface area contributed by atoms with E-state index in [0.29, 0.717) is 52.1 Å². The number of aromatic nitrogens is 4. The number of aliphatic hydroxyl groups is 1. The van der Waals surface area contributed by atoms with E-state index < -0.39 is 5.97 Å². The van der Waals surface area contributed by atoms with Crippen LogP contribution in [-0.2, 0) is 48.9 Å². The molecule has 508 valence electrons. The van der Waals surface area contributed by atoms with E-state index in [1.807, 2.05) is 66.9 Å². The molecule has 0 spiro atoms. The Morgan fingerprint density at radius 1 is 0.527 bits per heavy atom. The molecule has 6 heterocycles. The average Bonchev–Trinajstić information content (AvgIpc) is 1.69. The predicted molar refractivity (Wildman–Crippen MR) is 369 cm³/mol. The number of fused-ring (bicyclic) bond motifs is 4. The summed E-state index contributed by atoms with van der Waals surface area (Å²) < 4.78 is 25.6. The molecule has 4 aliphatic carbocycles. The number of Topliss-reactive ketones (excluding diaryl/α,β-unsaturated/α-hetero) is 1. The zero-order valence-corrected chi connectivity index (χ0v) is 58.1. The normalized spacial score (nSPS) is 17.6. The van der Waals surface area contributed by atoms with Gasteiger partial charge in [-0.2, -0.15) is 0 Å². The van der Waals surface area contributed by atoms with Crippen molar-refractivity contribution in [3.8, 4) is 0 Å². The van der Waals surface area contributed by atoms with E-state index in [-0.39, 0.29) is 43.8 Å². The Labute approximate surface area is 569 Å². The van der Waals surface area contributed by atoms with Crippen LogP contribution >= 0.6 is 15.9 Å². The molecular weight excluding hydrogens is 1340 g/mol. The zero-order valence-electron chi connectivity index (χ0n) is 55.0. The number of carbonyl (C=O) groups excluding carboxylic acids is 4. The fourth-order valence-electron chi connectivity index (χ4n) is 12.7. The number of benzene rings is 4. The van der Waals surface area contributed by atoms with Gasteiger partial charge in [0.1, 0.15) is 5.78 Å². The van der Waals surface area contributed by atoms with Crippen LogP contribution in [0.1, 0.15) is 231 Å². The number of aliphatic hydroxyl groups excluding tert-OH is 1. The number of carbonyl (C=O) groups is 5. The Kier molecular flexibility index (Phi) is 33.6. The molecule has 2 unspecified atom stereocenters. The molecule has 0 bridgehead atoms. The van der Waals surface area contributed by atoms with Crippen LogP contribution in [0.25, 0.3) is 49.2 Å². The van der Waals surface area contributed by atoms with Gasteiger partial charge in [0.05, 0.1) is 60.4 Å². The first-order valence-electron chi connectivity index (χ1n) is 32.7. The Morgan fingerprint density at radius 2 is 1.01 bits per heavy atom. The first kappa shape index (κ1) is 77.0. The number of esters is 3. The van der Waals surface area contributed by atoms with Crippen LogP contribution in [0.4, 0.5) is 0 Å². The monoisotopic (exact) mass is 1430 g/mol. The molecule has 2 saturated heterocycles. The smallest absolute Gasteiger partial charge is 0.337 e. The van der Waals surface area contributed by atoms with Gasteiger partial charge in [-0.15, -0.1) is 0 Å². The second-order valence-electron chi connectivity index (χ2n) is 24.0. The number of allylic oxidation sites excluding steroid dienone is 2. The minimum absolute atomic E-state index is 0. The van der Waals surface area contributed by atoms with Crippen LogP contribution in [0.3, 0.4) is 0 Å². The van der Waals surface area contributed by atoms with E-state index in [4.69, 9.17) is 33.9 Å². The molecule has 4 aromatic heterocycles. The van der Waals surface area contributed by atoms with Crippen molar-refractivity contribution >= 4 is 94.8 Å². The van der Waals surface area contributed by atoms with Crippen molar-refractivity contribution in [2.24, 2.45) is 0 Å². The van der Waals surface area contributed by atoms with Crippen molar-refractivity contribution in [2.45, 2.75) is 186 Å². The van der Waals surface area contributed by atoms with E-state index in [9.17, 15) is 24.0 Å². The number of methoxy groups -OCH3 is 3. The maximum Gasteiger partial charge on any atom is 0.337 e. The summed E-state index contributed by atoms with van der Waals surface area (Å²) in [7, 11) is 5.22. The van der Waals surface area contributed by atoms with Gasteiger partial charge in [0, 0.05) is 116 Å². The van der Waals surface area contributed by atoms with E-state index in [2.05, 4.69) is 62.0 Å². The topological polar surface area (TPSA) is 267 Å². The minimum Gasteiger partial charge on any atom is -0.478 e. The third kappa shape index (κ3) is 22.8. The zero-order chi connectivity index (χ0) is 65.1. The summed E-state index contributed by atoms with van der Waals surface area (Å²) in [6.45, 7) is 6.21. The molecule has 2 atom stereocenters. The van der Waals surface area contributed by atoms with Crippen LogP contribution < -0.4 is 0 Å². The van der Waals surface area contributed by atoms with Crippen molar-refractivity contribution in [1.29, 1.82) is 0 Å². The second-order valence-corrected chi connectivity index (χ2v) is 24.8. The number of aromatic amines is 4. The average molecular weight is 1440 g/mol. The molecule has 0 radical (unpaired) electrons. The Hall–Kier alpha value is -6.69. The fraction of sp³-hybridized carbons (Fsp3) is 0.473. The number of halogens is 1. The molecule has 8 N–H and O–H groups in total.